The third-order valence-electron chi connectivity index (χ3n) is 0.517. The zero-order valence-electron chi connectivity index (χ0n) is 4.26. The standard InChI is InChI=1S/C5H5N/c1-2-4-6-5-3-1/h1-5H/i4T. The number of aromatic nitrogens is 1. The SMILES string of the molecule is [3H]c1ccccn1. The smallest absolute Gasteiger partial charge is 0.0840 e. The second-order valence-electron chi connectivity index (χ2n) is 0.959. The molecule has 0 saturated heterocycles. The van der Waals surface area contributed by atoms with Gasteiger partial charge in [0, 0.05) is 12.4 Å². The maximum atomic E-state index is 6.88. The van der Waals surface area contributed by atoms with Crippen molar-refractivity contribution in [2.24, 2.45) is 0 Å². The number of pyridine rings is 1. The van der Waals surface area contributed by atoms with Gasteiger partial charge in [-0.2, -0.15) is 0 Å². The fourth-order valence-corrected chi connectivity index (χ4v) is 0.277. The molecule has 0 spiro atoms. The summed E-state index contributed by atoms with van der Waals surface area (Å²) in [5.41, 5.74) is 0. The van der Waals surface area contributed by atoms with Crippen molar-refractivity contribution in [3.8, 4) is 0 Å². The molecule has 0 atom stereocenters. The van der Waals surface area contributed by atoms with Gasteiger partial charge < -0.3 is 0 Å². The van der Waals surface area contributed by atoms with Gasteiger partial charge in [-0.25, -0.2) is 0 Å². The molecule has 0 aliphatic heterocycles. The highest BCUT2D eigenvalue weighted by molar-refractivity contribution is 4.88. The van der Waals surface area contributed by atoms with Crippen molar-refractivity contribution in [2.45, 2.75) is 0 Å². The summed E-state index contributed by atoms with van der Waals surface area (Å²) in [4.78, 5) is 3.65. The van der Waals surface area contributed by atoms with Crippen molar-refractivity contribution in [3.63, 3.8) is 0 Å². The van der Waals surface area contributed by atoms with Crippen LogP contribution in [-0.2, 0) is 0 Å². The van der Waals surface area contributed by atoms with E-state index in [1.165, 1.54) is 0 Å². The summed E-state index contributed by atoms with van der Waals surface area (Å²) in [6.07, 6.45) is 1.92. The molecule has 0 N–H and O–H groups in total. The number of hydrogen-bond acceptors (Lipinski definition) is 1. The summed E-state index contributed by atoms with van der Waals surface area (Å²) >= 11 is 0. The van der Waals surface area contributed by atoms with Crippen LogP contribution in [-0.4, -0.2) is 4.98 Å². The minimum absolute atomic E-state index is 0.322. The van der Waals surface area contributed by atoms with Gasteiger partial charge in [0.2, 0.25) is 0 Å². The first kappa shape index (κ1) is 2.35. The first-order valence-corrected chi connectivity index (χ1v) is 1.77. The summed E-state index contributed by atoms with van der Waals surface area (Å²) in [6, 6.07) is 5.22. The number of nitrogens with zero attached hydrogens (tertiary/aromatic N) is 1. The van der Waals surface area contributed by atoms with Crippen molar-refractivity contribution in [3.05, 3.63) is 30.6 Å². The van der Waals surface area contributed by atoms with Crippen LogP contribution < -0.4 is 0 Å². The summed E-state index contributed by atoms with van der Waals surface area (Å²) in [5, 5.41) is 0. The highest BCUT2D eigenvalue weighted by atomic mass is 14.6. The van der Waals surface area contributed by atoms with E-state index in [0.29, 0.717) is 6.17 Å². The first-order chi connectivity index (χ1) is 3.39. The van der Waals surface area contributed by atoms with Crippen LogP contribution in [0.25, 0.3) is 0 Å². The van der Waals surface area contributed by atoms with Gasteiger partial charge in [-0.15, -0.1) is 0 Å². The molecule has 1 aromatic heterocycles. The Kier molecular flexibility index (Phi) is 0.607. The molecule has 6 heavy (non-hydrogen) atoms. The molecule has 0 aliphatic rings. The largest absolute Gasteiger partial charge is 0.265 e. The topological polar surface area (TPSA) is 12.9 Å². The molecule has 0 saturated carbocycles. The number of rotatable bonds is 0. The molecule has 1 nitrogen and oxygen atoms in total. The second kappa shape index (κ2) is 1.55. The zero-order chi connectivity index (χ0) is 5.11. The van der Waals surface area contributed by atoms with E-state index in [1.54, 1.807) is 24.4 Å². The predicted molar refractivity (Wildman–Crippen MR) is 24.2 cm³/mol. The summed E-state index contributed by atoms with van der Waals surface area (Å²) in [6.45, 7) is 0. The van der Waals surface area contributed by atoms with Crippen LogP contribution in [0, 0.1) is 0 Å². The average molecular weight is 81.1 g/mol. The predicted octanol–water partition coefficient (Wildman–Crippen LogP) is 1.08. The second-order valence-corrected chi connectivity index (χ2v) is 0.959. The first-order valence-electron chi connectivity index (χ1n) is 2.27. The Morgan fingerprint density at radius 2 is 2.33 bits per heavy atom. The van der Waals surface area contributed by atoms with Crippen LogP contribution in [0.15, 0.2) is 30.6 Å². The van der Waals surface area contributed by atoms with Crippen LogP contribution >= 0.6 is 0 Å². The summed E-state index contributed by atoms with van der Waals surface area (Å²) in [7, 11) is 0. The van der Waals surface area contributed by atoms with Crippen molar-refractivity contribution in [1.29, 1.82) is 0 Å². The molecule has 1 aromatic rings. The molecule has 0 aliphatic carbocycles. The van der Waals surface area contributed by atoms with Gasteiger partial charge in [0.1, 0.15) is 0 Å². The average Bonchev–Trinajstić information content (AvgIpc) is 1.69. The molecule has 0 fully saturated rings. The fourth-order valence-electron chi connectivity index (χ4n) is 0.277. The molecule has 1 rings (SSSR count). The van der Waals surface area contributed by atoms with E-state index in [-0.39, 0.29) is 0 Å². The molecule has 0 bridgehead atoms. The minimum Gasteiger partial charge on any atom is -0.265 e. The Morgan fingerprint density at radius 3 is 2.67 bits per heavy atom. The van der Waals surface area contributed by atoms with Crippen molar-refractivity contribution < 1.29 is 1.37 Å². The lowest BCUT2D eigenvalue weighted by Crippen LogP contribution is -1.58. The van der Waals surface area contributed by atoms with E-state index in [0.717, 1.165) is 0 Å². The lowest BCUT2D eigenvalue weighted by atomic mass is 10.5. The Bertz CT molecular complexity index is 138. The van der Waals surface area contributed by atoms with E-state index in [2.05, 4.69) is 4.98 Å². The minimum atomic E-state index is 0.322. The van der Waals surface area contributed by atoms with E-state index in [1.807, 2.05) is 0 Å². The third kappa shape index (κ3) is 0.549. The van der Waals surface area contributed by atoms with Crippen LogP contribution in [0.2, 0.25) is 0 Å². The summed E-state index contributed by atoms with van der Waals surface area (Å²) in [5.74, 6) is 0. The van der Waals surface area contributed by atoms with Gasteiger partial charge in [-0.3, -0.25) is 4.98 Å². The van der Waals surface area contributed by atoms with Crippen molar-refractivity contribution >= 4 is 0 Å². The monoisotopic (exact) mass is 81.1 g/mol. The van der Waals surface area contributed by atoms with Crippen LogP contribution in [0.1, 0.15) is 1.37 Å². The van der Waals surface area contributed by atoms with E-state index in [9.17, 15) is 0 Å². The normalized spacial score (nSPS) is 10.3. The van der Waals surface area contributed by atoms with Crippen LogP contribution in [0.4, 0.5) is 0 Å². The molecular formula is C5H5N. The molecule has 1 heterocycles. The Morgan fingerprint density at radius 1 is 1.33 bits per heavy atom. The summed E-state index contributed by atoms with van der Waals surface area (Å²) < 4.78 is 6.88. The molecule has 0 amide bonds. The van der Waals surface area contributed by atoms with E-state index in [4.69, 9.17) is 1.37 Å². The molecular weight excluding hydrogens is 74.1 g/mol. The van der Waals surface area contributed by atoms with Gasteiger partial charge >= 0.3 is 0 Å². The van der Waals surface area contributed by atoms with Gasteiger partial charge in [0.15, 0.2) is 0 Å². The molecule has 0 unspecified atom stereocenters. The Hall–Kier alpha value is -0.850. The van der Waals surface area contributed by atoms with Gasteiger partial charge in [-0.1, -0.05) is 6.07 Å². The maximum Gasteiger partial charge on any atom is 0.0840 e. The maximum absolute atomic E-state index is 6.88. The molecule has 0 aromatic carbocycles. The molecule has 1 heteroatoms. The highest BCUT2D eigenvalue weighted by Gasteiger charge is 1.58. The molecule has 0 radical (unpaired) electrons. The Balaban J connectivity index is 3.02. The lowest BCUT2D eigenvalue weighted by Gasteiger charge is -1.70. The fraction of sp³-hybridized carbons (Fsp3) is 0. The number of hydrogen-bond donors (Lipinski definition) is 0. The van der Waals surface area contributed by atoms with Gasteiger partial charge in [0.25, 0.3) is 0 Å². The van der Waals surface area contributed by atoms with Gasteiger partial charge in [-0.05, 0) is 12.1 Å². The molecule has 30 valence electrons. The highest BCUT2D eigenvalue weighted by Crippen LogP contribution is 1.73. The Labute approximate surface area is 38.1 Å². The van der Waals surface area contributed by atoms with Crippen LogP contribution in [0.3, 0.4) is 0 Å². The van der Waals surface area contributed by atoms with E-state index >= 15 is 0 Å². The van der Waals surface area contributed by atoms with Crippen molar-refractivity contribution in [1.82, 2.24) is 4.98 Å². The van der Waals surface area contributed by atoms with Crippen LogP contribution in [0.5, 0.6) is 0 Å². The lowest BCUT2D eigenvalue weighted by molar-refractivity contribution is 1.33. The zero-order valence-corrected chi connectivity index (χ0v) is 3.26. The third-order valence-corrected chi connectivity index (χ3v) is 0.517. The van der Waals surface area contributed by atoms with E-state index < -0.39 is 0 Å². The van der Waals surface area contributed by atoms with Gasteiger partial charge in [0.05, 0.1) is 1.37 Å². The quantitative estimate of drug-likeness (QED) is 0.455. The van der Waals surface area contributed by atoms with Crippen molar-refractivity contribution in [2.75, 3.05) is 0 Å².